The highest BCUT2D eigenvalue weighted by Gasteiger charge is 2.34. The maximum atomic E-state index is 13.4. The predicted molar refractivity (Wildman–Crippen MR) is 106 cm³/mol. The quantitative estimate of drug-likeness (QED) is 0.374. The van der Waals surface area contributed by atoms with E-state index >= 15 is 0 Å². The van der Waals surface area contributed by atoms with E-state index in [-0.39, 0.29) is 34.8 Å². The monoisotopic (exact) mass is 444 g/mol. The molecule has 13 heteroatoms. The summed E-state index contributed by atoms with van der Waals surface area (Å²) in [5.74, 6) is -0.242. The average Bonchev–Trinajstić information content (AvgIpc) is 3.36. The summed E-state index contributed by atoms with van der Waals surface area (Å²) in [5.41, 5.74) is -0.939. The normalized spacial score (nSPS) is 15.6. The van der Waals surface area contributed by atoms with E-state index in [2.05, 4.69) is 35.3 Å². The number of nitrogens with zero attached hydrogens (tertiary/aromatic N) is 5. The van der Waals surface area contributed by atoms with Crippen molar-refractivity contribution >= 4 is 23.2 Å². The summed E-state index contributed by atoms with van der Waals surface area (Å²) >= 11 is 0. The van der Waals surface area contributed by atoms with Gasteiger partial charge in [0.2, 0.25) is 5.88 Å². The Hall–Kier alpha value is -4.16. The maximum Gasteiger partial charge on any atom is 0.419 e. The Kier molecular flexibility index (Phi) is 4.46. The molecule has 0 aromatic carbocycles. The van der Waals surface area contributed by atoms with Crippen LogP contribution in [-0.4, -0.2) is 40.7 Å². The van der Waals surface area contributed by atoms with Gasteiger partial charge in [-0.2, -0.15) is 22.8 Å². The molecule has 0 spiro atoms. The van der Waals surface area contributed by atoms with Gasteiger partial charge < -0.3 is 15.4 Å². The average molecular weight is 444 g/mol. The number of anilines is 2. The topological polar surface area (TPSA) is 136 Å². The number of halogens is 3. The number of imidazole rings is 1. The molecule has 1 aliphatic carbocycles. The molecular formula is C19H15F3N8O2. The number of pyridine rings is 1. The molecule has 4 aromatic heterocycles. The minimum atomic E-state index is -4.60. The van der Waals surface area contributed by atoms with E-state index in [4.69, 9.17) is 0 Å². The lowest BCUT2D eigenvalue weighted by Crippen LogP contribution is -2.20. The van der Waals surface area contributed by atoms with E-state index in [0.29, 0.717) is 10.7 Å². The van der Waals surface area contributed by atoms with Crippen LogP contribution in [0.25, 0.3) is 11.7 Å². The van der Waals surface area contributed by atoms with Crippen molar-refractivity contribution in [3.8, 4) is 5.88 Å². The Bertz CT molecular complexity index is 1500. The molecule has 32 heavy (non-hydrogen) atoms. The van der Waals surface area contributed by atoms with Crippen LogP contribution in [0, 0.1) is 0 Å². The number of rotatable bonds is 4. The van der Waals surface area contributed by atoms with Crippen LogP contribution in [0.4, 0.5) is 24.7 Å². The molecule has 4 heterocycles. The second kappa shape index (κ2) is 7.21. The molecule has 4 N–H and O–H groups in total. The van der Waals surface area contributed by atoms with Crippen molar-refractivity contribution < 1.29 is 18.3 Å². The lowest BCUT2D eigenvalue weighted by molar-refractivity contribution is -0.137. The zero-order valence-corrected chi connectivity index (χ0v) is 16.2. The highest BCUT2D eigenvalue weighted by atomic mass is 19.4. The van der Waals surface area contributed by atoms with Crippen LogP contribution in [-0.2, 0) is 6.18 Å². The number of fused-ring (bicyclic) bond motifs is 1. The van der Waals surface area contributed by atoms with Gasteiger partial charge in [-0.1, -0.05) is 0 Å². The Morgan fingerprint density at radius 1 is 1.28 bits per heavy atom. The second-order valence-corrected chi connectivity index (χ2v) is 7.22. The Morgan fingerprint density at radius 3 is 2.78 bits per heavy atom. The maximum absolute atomic E-state index is 13.4. The van der Waals surface area contributed by atoms with Gasteiger partial charge in [0.15, 0.2) is 11.1 Å². The van der Waals surface area contributed by atoms with Crippen molar-refractivity contribution in [2.45, 2.75) is 25.1 Å². The van der Waals surface area contributed by atoms with Crippen molar-refractivity contribution in [3.63, 3.8) is 0 Å². The Morgan fingerprint density at radius 2 is 2.09 bits per heavy atom. The number of hydrogen-bond donors (Lipinski definition) is 4. The van der Waals surface area contributed by atoms with E-state index in [1.807, 2.05) is 0 Å². The molecule has 10 nitrogen and oxygen atoms in total. The number of alkyl halides is 3. The van der Waals surface area contributed by atoms with E-state index in [1.54, 1.807) is 0 Å². The Balaban J connectivity index is 1.68. The first kappa shape index (κ1) is 19.8. The number of aromatic amines is 2. The van der Waals surface area contributed by atoms with Gasteiger partial charge in [-0.3, -0.25) is 15.0 Å². The van der Waals surface area contributed by atoms with Crippen LogP contribution in [0.2, 0.25) is 0 Å². The van der Waals surface area contributed by atoms with Gasteiger partial charge in [0, 0.05) is 23.7 Å². The summed E-state index contributed by atoms with van der Waals surface area (Å²) in [6.07, 6.45) is 2.10. The van der Waals surface area contributed by atoms with Crippen LogP contribution >= 0.6 is 0 Å². The predicted octanol–water partition coefficient (Wildman–Crippen LogP) is 1.22. The van der Waals surface area contributed by atoms with Crippen LogP contribution in [0.3, 0.4) is 0 Å². The SMILES string of the molecule is O=c1[nH]c(O)c(C=c2cnn3c(=NC4CC4)cc(Nc4ccncc4C(F)(F)F)nc23)[nH]1. The van der Waals surface area contributed by atoms with Gasteiger partial charge in [-0.05, 0) is 25.0 Å². The van der Waals surface area contributed by atoms with Crippen molar-refractivity contribution in [3.05, 3.63) is 63.2 Å². The molecule has 4 aromatic rings. The summed E-state index contributed by atoms with van der Waals surface area (Å²) in [7, 11) is 0. The summed E-state index contributed by atoms with van der Waals surface area (Å²) < 4.78 is 41.6. The number of hydrogen-bond acceptors (Lipinski definition) is 7. The summed E-state index contributed by atoms with van der Waals surface area (Å²) in [6.45, 7) is 0. The lowest BCUT2D eigenvalue weighted by Gasteiger charge is -2.13. The molecule has 5 rings (SSSR count). The first-order valence-corrected chi connectivity index (χ1v) is 9.52. The number of aromatic nitrogens is 6. The zero-order valence-electron chi connectivity index (χ0n) is 16.2. The molecule has 0 radical (unpaired) electrons. The summed E-state index contributed by atoms with van der Waals surface area (Å²) in [4.78, 5) is 28.6. The third-order valence-corrected chi connectivity index (χ3v) is 4.77. The molecule has 0 saturated heterocycles. The van der Waals surface area contributed by atoms with Crippen molar-refractivity contribution in [2.75, 3.05) is 5.32 Å². The molecule has 164 valence electrons. The largest absolute Gasteiger partial charge is 0.493 e. The van der Waals surface area contributed by atoms with E-state index < -0.39 is 17.4 Å². The van der Waals surface area contributed by atoms with Crippen LogP contribution in [0.1, 0.15) is 24.1 Å². The highest BCUT2D eigenvalue weighted by molar-refractivity contribution is 5.63. The first-order valence-electron chi connectivity index (χ1n) is 9.52. The molecule has 0 atom stereocenters. The number of H-pyrrole nitrogens is 2. The van der Waals surface area contributed by atoms with Crippen LogP contribution < -0.4 is 21.7 Å². The van der Waals surface area contributed by atoms with Gasteiger partial charge in [0.1, 0.15) is 11.5 Å². The molecule has 1 saturated carbocycles. The van der Waals surface area contributed by atoms with Gasteiger partial charge in [0.25, 0.3) is 0 Å². The second-order valence-electron chi connectivity index (χ2n) is 7.22. The fourth-order valence-electron chi connectivity index (χ4n) is 3.13. The van der Waals surface area contributed by atoms with Crippen molar-refractivity contribution in [2.24, 2.45) is 4.99 Å². The molecule has 0 bridgehead atoms. The third-order valence-electron chi connectivity index (χ3n) is 4.77. The van der Waals surface area contributed by atoms with Gasteiger partial charge in [-0.15, -0.1) is 0 Å². The fraction of sp³-hybridized carbons (Fsp3) is 0.211. The van der Waals surface area contributed by atoms with Crippen LogP contribution in [0.5, 0.6) is 5.88 Å². The number of aromatic hydroxyl groups is 1. The zero-order chi connectivity index (χ0) is 22.5. The summed E-state index contributed by atoms with van der Waals surface area (Å²) in [5, 5.41) is 17.2. The van der Waals surface area contributed by atoms with E-state index in [1.165, 1.54) is 35.1 Å². The Labute approximate surface area is 176 Å². The third kappa shape index (κ3) is 3.79. The standard InChI is InChI=1S/C19H15F3N8O2/c20-19(21,22)11-8-23-4-3-12(11)26-14-6-15(25-10-1-2-10)30-16(28-14)9(7-24-30)5-13-17(31)29-18(32)27-13/h3-8,10,31H,1-2H2,(H,23,26)(H2,27,29,32). The fourth-order valence-corrected chi connectivity index (χ4v) is 3.13. The van der Waals surface area contributed by atoms with Gasteiger partial charge in [0.05, 0.1) is 23.5 Å². The van der Waals surface area contributed by atoms with E-state index in [0.717, 1.165) is 19.0 Å². The van der Waals surface area contributed by atoms with Gasteiger partial charge in [-0.25, -0.2) is 9.78 Å². The minimum Gasteiger partial charge on any atom is -0.493 e. The minimum absolute atomic E-state index is 0.110. The van der Waals surface area contributed by atoms with Crippen LogP contribution in [0.15, 0.2) is 40.5 Å². The summed E-state index contributed by atoms with van der Waals surface area (Å²) in [6, 6.07) is 2.83. The molecule has 1 aliphatic rings. The molecule has 0 unspecified atom stereocenters. The van der Waals surface area contributed by atoms with Crippen molar-refractivity contribution in [1.29, 1.82) is 0 Å². The molecule has 0 aliphatic heterocycles. The van der Waals surface area contributed by atoms with Crippen molar-refractivity contribution in [1.82, 2.24) is 29.5 Å². The number of nitrogens with one attached hydrogen (secondary N) is 3. The first-order chi connectivity index (χ1) is 15.3. The van der Waals surface area contributed by atoms with Gasteiger partial charge >= 0.3 is 11.9 Å². The highest BCUT2D eigenvalue weighted by Crippen LogP contribution is 2.34. The van der Waals surface area contributed by atoms with E-state index in [9.17, 15) is 23.1 Å². The molecule has 0 amide bonds. The lowest BCUT2D eigenvalue weighted by atomic mass is 10.2. The molecule has 1 fully saturated rings. The smallest absolute Gasteiger partial charge is 0.419 e. The molecular weight excluding hydrogens is 429 g/mol.